The Balaban J connectivity index is 1.66. The number of hydrogen-bond donors (Lipinski definition) is 1. The first kappa shape index (κ1) is 20.8. The minimum absolute atomic E-state index is 0.0775. The molecule has 8 nitrogen and oxygen atoms in total. The van der Waals surface area contributed by atoms with E-state index in [0.717, 1.165) is 11.3 Å². The van der Waals surface area contributed by atoms with E-state index < -0.39 is 29.3 Å². The van der Waals surface area contributed by atoms with Gasteiger partial charge in [0.1, 0.15) is 10.8 Å². The highest BCUT2D eigenvalue weighted by Crippen LogP contribution is 2.43. The van der Waals surface area contributed by atoms with Gasteiger partial charge in [-0.05, 0) is 36.8 Å². The second-order valence-corrected chi connectivity index (χ2v) is 8.47. The molecular weight excluding hydrogens is 449 g/mol. The minimum Gasteiger partial charge on any atom is -0.503 e. The van der Waals surface area contributed by atoms with E-state index in [1.807, 2.05) is 0 Å². The number of ketones is 1. The SMILES string of the molecule is COc1cccc2cc(C(=O)C3=C(O)C(=O)N(c4nnc(C)s4)[C@@H]3c3ccc(F)cc3)oc12. The van der Waals surface area contributed by atoms with Crippen LogP contribution in [0.1, 0.15) is 27.2 Å². The van der Waals surface area contributed by atoms with Crippen molar-refractivity contribution >= 4 is 39.1 Å². The lowest BCUT2D eigenvalue weighted by Crippen LogP contribution is -2.31. The number of hydrogen-bond acceptors (Lipinski definition) is 8. The molecule has 0 spiro atoms. The number of amides is 1. The Bertz CT molecular complexity index is 1440. The van der Waals surface area contributed by atoms with E-state index in [1.165, 1.54) is 42.3 Å². The molecular formula is C23H16FN3O5S. The van der Waals surface area contributed by atoms with Crippen molar-refractivity contribution in [3.8, 4) is 5.75 Å². The fourth-order valence-electron chi connectivity index (χ4n) is 3.82. The molecule has 0 fully saturated rings. The van der Waals surface area contributed by atoms with Crippen LogP contribution in [-0.2, 0) is 4.79 Å². The van der Waals surface area contributed by atoms with Gasteiger partial charge in [0, 0.05) is 5.39 Å². The first-order chi connectivity index (χ1) is 15.9. The smallest absolute Gasteiger partial charge is 0.296 e. The van der Waals surface area contributed by atoms with Gasteiger partial charge in [-0.3, -0.25) is 14.5 Å². The third-order valence-electron chi connectivity index (χ3n) is 5.31. The summed E-state index contributed by atoms with van der Waals surface area (Å²) in [4.78, 5) is 27.8. The predicted octanol–water partition coefficient (Wildman–Crippen LogP) is 4.52. The number of halogens is 1. The number of para-hydroxylation sites is 1. The highest BCUT2D eigenvalue weighted by atomic mass is 32.1. The van der Waals surface area contributed by atoms with Crippen molar-refractivity contribution in [2.24, 2.45) is 0 Å². The molecule has 0 bridgehead atoms. The number of aryl methyl sites for hydroxylation is 1. The quantitative estimate of drug-likeness (QED) is 0.432. The van der Waals surface area contributed by atoms with Gasteiger partial charge < -0.3 is 14.3 Å². The molecule has 166 valence electrons. The second-order valence-electron chi connectivity index (χ2n) is 7.31. The summed E-state index contributed by atoms with van der Waals surface area (Å²) in [6.07, 6.45) is 0. The number of anilines is 1. The first-order valence-corrected chi connectivity index (χ1v) is 10.6. The zero-order chi connectivity index (χ0) is 23.3. The molecule has 0 saturated heterocycles. The Kier molecular flexibility index (Phi) is 4.94. The van der Waals surface area contributed by atoms with E-state index in [2.05, 4.69) is 10.2 Å². The molecule has 1 aliphatic heterocycles. The number of furan rings is 1. The molecule has 4 aromatic rings. The van der Waals surface area contributed by atoms with E-state index in [4.69, 9.17) is 9.15 Å². The summed E-state index contributed by atoms with van der Waals surface area (Å²) >= 11 is 1.13. The molecule has 10 heteroatoms. The number of ether oxygens (including phenoxy) is 1. The fourth-order valence-corrected chi connectivity index (χ4v) is 4.53. The molecule has 5 rings (SSSR count). The number of carbonyl (C=O) groups is 2. The maximum absolute atomic E-state index is 13.6. The average Bonchev–Trinajstić information content (AvgIpc) is 3.50. The molecule has 2 aromatic carbocycles. The number of aromatic nitrogens is 2. The van der Waals surface area contributed by atoms with Gasteiger partial charge in [0.2, 0.25) is 10.9 Å². The molecule has 33 heavy (non-hydrogen) atoms. The number of carbonyl (C=O) groups excluding carboxylic acids is 2. The van der Waals surface area contributed by atoms with Crippen molar-refractivity contribution < 1.29 is 28.2 Å². The van der Waals surface area contributed by atoms with Crippen LogP contribution in [0.15, 0.2) is 64.3 Å². The van der Waals surface area contributed by atoms with Gasteiger partial charge >= 0.3 is 0 Å². The topological polar surface area (TPSA) is 106 Å². The number of nitrogens with zero attached hydrogens (tertiary/aromatic N) is 3. The molecule has 0 radical (unpaired) electrons. The monoisotopic (exact) mass is 465 g/mol. The van der Waals surface area contributed by atoms with E-state index in [0.29, 0.717) is 27.3 Å². The summed E-state index contributed by atoms with van der Waals surface area (Å²) in [6.45, 7) is 1.72. The molecule has 0 aliphatic carbocycles. The second kappa shape index (κ2) is 7.82. The maximum Gasteiger partial charge on any atom is 0.296 e. The van der Waals surface area contributed by atoms with Crippen molar-refractivity contribution in [1.82, 2.24) is 10.2 Å². The Labute approximate surface area is 190 Å². The van der Waals surface area contributed by atoms with E-state index in [-0.39, 0.29) is 16.5 Å². The third kappa shape index (κ3) is 3.35. The van der Waals surface area contributed by atoms with Gasteiger partial charge in [0.25, 0.3) is 5.91 Å². The Morgan fingerprint density at radius 1 is 1.21 bits per heavy atom. The number of aliphatic hydroxyl groups excluding tert-OH is 1. The number of aliphatic hydroxyl groups is 1. The molecule has 3 heterocycles. The average molecular weight is 465 g/mol. The van der Waals surface area contributed by atoms with Crippen LogP contribution in [0, 0.1) is 12.7 Å². The van der Waals surface area contributed by atoms with Gasteiger partial charge in [-0.1, -0.05) is 35.6 Å². The summed E-state index contributed by atoms with van der Waals surface area (Å²) in [5.74, 6) is -2.34. The fraction of sp³-hybridized carbons (Fsp3) is 0.130. The van der Waals surface area contributed by atoms with Crippen LogP contribution < -0.4 is 9.64 Å². The summed E-state index contributed by atoms with van der Waals surface area (Å²) < 4.78 is 24.7. The molecule has 1 N–H and O–H groups in total. The van der Waals surface area contributed by atoms with Gasteiger partial charge in [-0.2, -0.15) is 0 Å². The highest BCUT2D eigenvalue weighted by Gasteiger charge is 2.46. The Morgan fingerprint density at radius 3 is 2.64 bits per heavy atom. The summed E-state index contributed by atoms with van der Waals surface area (Å²) in [6, 6.07) is 11.0. The molecule has 1 atom stereocenters. The number of methoxy groups -OCH3 is 1. The standard InChI is InChI=1S/C23H16FN3O5S/c1-11-25-26-23(33-11)27-18(12-6-8-14(24)9-7-12)17(20(29)22(27)30)19(28)16-10-13-4-3-5-15(31-2)21(13)32-16/h3-10,18,29H,1-2H3/t18-/m1/s1. The third-order valence-corrected chi connectivity index (χ3v) is 6.15. The summed E-state index contributed by atoms with van der Waals surface area (Å²) in [7, 11) is 1.48. The molecule has 1 amide bonds. The van der Waals surface area contributed by atoms with Crippen molar-refractivity contribution in [3.63, 3.8) is 0 Å². The number of fused-ring (bicyclic) bond motifs is 1. The highest BCUT2D eigenvalue weighted by molar-refractivity contribution is 7.15. The first-order valence-electron chi connectivity index (χ1n) is 9.82. The molecule has 0 saturated carbocycles. The normalized spacial score (nSPS) is 16.2. The lowest BCUT2D eigenvalue weighted by Gasteiger charge is -2.23. The van der Waals surface area contributed by atoms with Gasteiger partial charge in [0.15, 0.2) is 22.9 Å². The van der Waals surface area contributed by atoms with E-state index in [1.54, 1.807) is 25.1 Å². The summed E-state index contributed by atoms with van der Waals surface area (Å²) in [5.41, 5.74) is 0.582. The van der Waals surface area contributed by atoms with Crippen LogP contribution in [-0.4, -0.2) is 34.1 Å². The van der Waals surface area contributed by atoms with Crippen molar-refractivity contribution in [3.05, 3.63) is 82.0 Å². The van der Waals surface area contributed by atoms with Gasteiger partial charge in [0.05, 0.1) is 18.7 Å². The van der Waals surface area contributed by atoms with Crippen LogP contribution >= 0.6 is 11.3 Å². The van der Waals surface area contributed by atoms with Gasteiger partial charge in [-0.25, -0.2) is 4.39 Å². The zero-order valence-electron chi connectivity index (χ0n) is 17.4. The molecule has 1 aliphatic rings. The Hall–Kier alpha value is -4.05. The van der Waals surface area contributed by atoms with Crippen molar-refractivity contribution in [2.75, 3.05) is 12.0 Å². The van der Waals surface area contributed by atoms with Crippen LogP contribution in [0.25, 0.3) is 11.0 Å². The minimum atomic E-state index is -1.05. The largest absolute Gasteiger partial charge is 0.503 e. The maximum atomic E-state index is 13.6. The number of benzene rings is 2. The van der Waals surface area contributed by atoms with Crippen molar-refractivity contribution in [1.29, 1.82) is 0 Å². The molecule has 0 unspecified atom stereocenters. The van der Waals surface area contributed by atoms with Crippen LogP contribution in [0.2, 0.25) is 0 Å². The lowest BCUT2D eigenvalue weighted by atomic mass is 9.95. The van der Waals surface area contributed by atoms with Gasteiger partial charge in [-0.15, -0.1) is 10.2 Å². The van der Waals surface area contributed by atoms with Crippen LogP contribution in [0.3, 0.4) is 0 Å². The predicted molar refractivity (Wildman–Crippen MR) is 118 cm³/mol. The van der Waals surface area contributed by atoms with Crippen LogP contribution in [0.5, 0.6) is 5.75 Å². The lowest BCUT2D eigenvalue weighted by molar-refractivity contribution is -0.117. The van der Waals surface area contributed by atoms with E-state index in [9.17, 15) is 19.1 Å². The van der Waals surface area contributed by atoms with Crippen molar-refractivity contribution in [2.45, 2.75) is 13.0 Å². The Morgan fingerprint density at radius 2 is 1.97 bits per heavy atom. The number of rotatable bonds is 5. The molecule has 2 aromatic heterocycles. The number of Topliss-reactive ketones (excluding diaryl/α,β-unsaturated/α-hetero) is 1. The van der Waals surface area contributed by atoms with Crippen LogP contribution in [0.4, 0.5) is 9.52 Å². The summed E-state index contributed by atoms with van der Waals surface area (Å²) in [5, 5.41) is 20.1. The zero-order valence-corrected chi connectivity index (χ0v) is 18.2. The van der Waals surface area contributed by atoms with E-state index >= 15 is 0 Å².